The largest absolute Gasteiger partial charge is 0.354 e. The van der Waals surface area contributed by atoms with Crippen LogP contribution < -0.4 is 10.6 Å². The van der Waals surface area contributed by atoms with Crippen LogP contribution in [0.2, 0.25) is 0 Å². The molecule has 2 aliphatic rings. The molecule has 1 saturated heterocycles. The molecule has 2 fully saturated rings. The highest BCUT2D eigenvalue weighted by Crippen LogP contribution is 2.19. The van der Waals surface area contributed by atoms with Crippen molar-refractivity contribution in [3.8, 4) is 0 Å². The summed E-state index contributed by atoms with van der Waals surface area (Å²) >= 11 is 0. The van der Waals surface area contributed by atoms with Crippen molar-refractivity contribution in [1.29, 1.82) is 0 Å². The molecule has 1 saturated carbocycles. The van der Waals surface area contributed by atoms with Gasteiger partial charge in [-0.25, -0.2) is 8.42 Å². The van der Waals surface area contributed by atoms with Gasteiger partial charge in [-0.2, -0.15) is 0 Å². The van der Waals surface area contributed by atoms with Crippen molar-refractivity contribution in [2.24, 2.45) is 0 Å². The highest BCUT2D eigenvalue weighted by molar-refractivity contribution is 7.92. The summed E-state index contributed by atoms with van der Waals surface area (Å²) < 4.78 is 23.1. The summed E-state index contributed by atoms with van der Waals surface area (Å²) in [5.74, 6) is 0.178. The lowest BCUT2D eigenvalue weighted by Gasteiger charge is -2.13. The van der Waals surface area contributed by atoms with E-state index in [0.717, 1.165) is 19.3 Å². The molecule has 0 aromatic heterocycles. The molecule has 0 aromatic rings. The van der Waals surface area contributed by atoms with E-state index in [0.29, 0.717) is 19.0 Å². The van der Waals surface area contributed by atoms with Crippen LogP contribution in [0.25, 0.3) is 0 Å². The maximum Gasteiger partial charge on any atom is 0.234 e. The van der Waals surface area contributed by atoms with Gasteiger partial charge in [-0.3, -0.25) is 4.79 Å². The van der Waals surface area contributed by atoms with E-state index in [1.807, 2.05) is 0 Å². The fourth-order valence-corrected chi connectivity index (χ4v) is 4.51. The van der Waals surface area contributed by atoms with Crippen molar-refractivity contribution in [2.75, 3.05) is 18.8 Å². The van der Waals surface area contributed by atoms with E-state index in [2.05, 4.69) is 10.6 Å². The van der Waals surface area contributed by atoms with Crippen molar-refractivity contribution < 1.29 is 13.2 Å². The molecule has 1 atom stereocenters. The molecule has 2 N–H and O–H groups in total. The molecule has 6 heteroatoms. The maximum absolute atomic E-state index is 11.6. The van der Waals surface area contributed by atoms with E-state index in [1.165, 1.54) is 12.8 Å². The Morgan fingerprint density at radius 1 is 1.11 bits per heavy atom. The number of hydrogen-bond donors (Lipinski definition) is 2. The van der Waals surface area contributed by atoms with E-state index < -0.39 is 9.84 Å². The number of rotatable bonds is 5. The van der Waals surface area contributed by atoms with E-state index in [-0.39, 0.29) is 23.5 Å². The van der Waals surface area contributed by atoms with Gasteiger partial charge in [-0.1, -0.05) is 12.8 Å². The number of nitrogens with one attached hydrogen (secondary N) is 2. The summed E-state index contributed by atoms with van der Waals surface area (Å²) in [6.07, 6.45) is 6.16. The third-order valence-corrected chi connectivity index (χ3v) is 6.17. The normalized spacial score (nSPS) is 27.4. The van der Waals surface area contributed by atoms with E-state index in [4.69, 9.17) is 0 Å². The highest BCUT2D eigenvalue weighted by atomic mass is 32.2. The third kappa shape index (κ3) is 3.68. The minimum absolute atomic E-state index is 0.0935. The molecule has 0 radical (unpaired) electrons. The minimum atomic E-state index is -2.95. The Bertz CT molecular complexity index is 388. The number of amides is 1. The van der Waals surface area contributed by atoms with Crippen molar-refractivity contribution in [3.63, 3.8) is 0 Å². The second-order valence-corrected chi connectivity index (χ2v) is 7.70. The summed E-state index contributed by atoms with van der Waals surface area (Å²) in [4.78, 5) is 11.6. The molecule has 2 rings (SSSR count). The Morgan fingerprint density at radius 2 is 1.83 bits per heavy atom. The molecule has 5 nitrogen and oxygen atoms in total. The van der Waals surface area contributed by atoms with Crippen LogP contribution in [0, 0.1) is 0 Å². The molecule has 18 heavy (non-hydrogen) atoms. The molecule has 1 amide bonds. The van der Waals surface area contributed by atoms with E-state index in [1.54, 1.807) is 0 Å². The lowest BCUT2D eigenvalue weighted by Crippen LogP contribution is -2.41. The van der Waals surface area contributed by atoms with Crippen molar-refractivity contribution >= 4 is 15.7 Å². The molecule has 0 bridgehead atoms. The molecular formula is C12H22N2O3S. The van der Waals surface area contributed by atoms with Crippen molar-refractivity contribution in [2.45, 2.75) is 49.8 Å². The average molecular weight is 274 g/mol. The first-order valence-corrected chi connectivity index (χ1v) is 8.51. The Labute approximate surface area is 109 Å². The van der Waals surface area contributed by atoms with Crippen LogP contribution in [0.15, 0.2) is 0 Å². The lowest BCUT2D eigenvalue weighted by molar-refractivity contribution is -0.120. The van der Waals surface area contributed by atoms with Crippen LogP contribution >= 0.6 is 0 Å². The van der Waals surface area contributed by atoms with Gasteiger partial charge in [0.15, 0.2) is 9.84 Å². The second kappa shape index (κ2) is 6.02. The molecule has 0 spiro atoms. The van der Waals surface area contributed by atoms with Crippen LogP contribution in [0.5, 0.6) is 0 Å². The molecular weight excluding hydrogens is 252 g/mol. The molecule has 0 aromatic carbocycles. The second-order valence-electron chi connectivity index (χ2n) is 5.30. The molecule has 104 valence electrons. The molecule has 1 aliphatic carbocycles. The lowest BCUT2D eigenvalue weighted by atomic mass is 10.2. The summed E-state index contributed by atoms with van der Waals surface area (Å²) in [5.41, 5.74) is 0. The van der Waals surface area contributed by atoms with Gasteiger partial charge in [0.05, 0.1) is 17.5 Å². The fraction of sp³-hybridized carbons (Fsp3) is 0.917. The van der Waals surface area contributed by atoms with Crippen LogP contribution in [-0.4, -0.2) is 44.5 Å². The van der Waals surface area contributed by atoms with Crippen molar-refractivity contribution in [1.82, 2.24) is 10.6 Å². The summed E-state index contributed by atoms with van der Waals surface area (Å²) in [6.45, 7) is 0.574. The van der Waals surface area contributed by atoms with Gasteiger partial charge in [0.25, 0.3) is 0 Å². The Kier molecular flexibility index (Phi) is 4.61. The number of carbonyl (C=O) groups excluding carboxylic acids is 1. The van der Waals surface area contributed by atoms with Gasteiger partial charge in [0.1, 0.15) is 0 Å². The smallest absolute Gasteiger partial charge is 0.234 e. The van der Waals surface area contributed by atoms with Crippen LogP contribution in [0.1, 0.15) is 38.5 Å². The number of hydrogen-bond acceptors (Lipinski definition) is 4. The fourth-order valence-electron chi connectivity index (χ4n) is 2.74. The summed E-state index contributed by atoms with van der Waals surface area (Å²) in [7, 11) is -2.95. The average Bonchev–Trinajstić information content (AvgIpc) is 2.93. The first-order valence-electron chi connectivity index (χ1n) is 6.79. The first-order chi connectivity index (χ1) is 8.58. The maximum atomic E-state index is 11.6. The van der Waals surface area contributed by atoms with Gasteiger partial charge in [0, 0.05) is 12.6 Å². The Hall–Kier alpha value is -0.620. The van der Waals surface area contributed by atoms with Crippen LogP contribution in [-0.2, 0) is 14.6 Å². The predicted molar refractivity (Wildman–Crippen MR) is 70.1 cm³/mol. The number of sulfone groups is 1. The van der Waals surface area contributed by atoms with Crippen molar-refractivity contribution in [3.05, 3.63) is 0 Å². The molecule has 1 heterocycles. The zero-order valence-electron chi connectivity index (χ0n) is 10.7. The molecule has 1 unspecified atom stereocenters. The zero-order valence-corrected chi connectivity index (χ0v) is 11.5. The summed E-state index contributed by atoms with van der Waals surface area (Å²) in [6, 6.07) is 0.464. The standard InChI is InChI=1S/C12H22N2O3S/c15-12(9-13-10-4-1-2-5-10)14-8-11-6-3-7-18(11,16)17/h10-11,13H,1-9H2,(H,14,15). The Balaban J connectivity index is 1.65. The van der Waals surface area contributed by atoms with E-state index in [9.17, 15) is 13.2 Å². The van der Waals surface area contributed by atoms with Crippen LogP contribution in [0.4, 0.5) is 0 Å². The number of carbonyl (C=O) groups is 1. The van der Waals surface area contributed by atoms with Gasteiger partial charge < -0.3 is 10.6 Å². The topological polar surface area (TPSA) is 75.3 Å². The summed E-state index contributed by atoms with van der Waals surface area (Å²) in [5, 5.41) is 5.57. The zero-order chi connectivity index (χ0) is 13.0. The Morgan fingerprint density at radius 3 is 2.44 bits per heavy atom. The SMILES string of the molecule is O=C(CNC1CCCC1)NCC1CCCS1(=O)=O. The van der Waals surface area contributed by atoms with Gasteiger partial charge in [-0.15, -0.1) is 0 Å². The minimum Gasteiger partial charge on any atom is -0.354 e. The highest BCUT2D eigenvalue weighted by Gasteiger charge is 2.31. The van der Waals surface area contributed by atoms with E-state index >= 15 is 0 Å². The van der Waals surface area contributed by atoms with Gasteiger partial charge in [0.2, 0.25) is 5.91 Å². The quantitative estimate of drug-likeness (QED) is 0.751. The van der Waals surface area contributed by atoms with Gasteiger partial charge in [-0.05, 0) is 25.7 Å². The third-order valence-electron chi connectivity index (χ3n) is 3.90. The molecule has 1 aliphatic heterocycles. The first kappa shape index (κ1) is 13.8. The predicted octanol–water partition coefficient (Wildman–Crippen LogP) is 0.212. The monoisotopic (exact) mass is 274 g/mol. The van der Waals surface area contributed by atoms with Gasteiger partial charge >= 0.3 is 0 Å². The van der Waals surface area contributed by atoms with Crippen LogP contribution in [0.3, 0.4) is 0 Å².